The molecule has 2 aromatic rings. The van der Waals surface area contributed by atoms with Gasteiger partial charge in [-0.15, -0.1) is 0 Å². The van der Waals surface area contributed by atoms with Gasteiger partial charge >= 0.3 is 0 Å². The van der Waals surface area contributed by atoms with Gasteiger partial charge in [0.25, 0.3) is 0 Å². The molecule has 164 valence electrons. The Balaban J connectivity index is 1.59. The largest absolute Gasteiger partial charge is 0.383 e. The summed E-state index contributed by atoms with van der Waals surface area (Å²) in [4.78, 5) is 7.12. The number of hydrogen-bond donors (Lipinski definition) is 3. The van der Waals surface area contributed by atoms with Crippen LogP contribution in [0.4, 0.5) is 0 Å². The monoisotopic (exact) mass is 414 g/mol. The molecule has 0 aliphatic carbocycles. The van der Waals surface area contributed by atoms with Crippen molar-refractivity contribution in [2.45, 2.75) is 32.5 Å². The van der Waals surface area contributed by atoms with E-state index in [1.54, 1.807) is 17.8 Å². The summed E-state index contributed by atoms with van der Waals surface area (Å²) in [6.07, 6.45) is 3.51. The van der Waals surface area contributed by atoms with Crippen LogP contribution >= 0.6 is 0 Å². The van der Waals surface area contributed by atoms with Crippen molar-refractivity contribution in [1.29, 1.82) is 0 Å². The number of morpholine rings is 1. The normalized spacial score (nSPS) is 17.5. The van der Waals surface area contributed by atoms with Crippen molar-refractivity contribution in [3.63, 3.8) is 0 Å². The maximum atomic E-state index is 10.8. The third-order valence-electron chi connectivity index (χ3n) is 5.19. The first-order chi connectivity index (χ1) is 14.5. The highest BCUT2D eigenvalue weighted by atomic mass is 16.5. The van der Waals surface area contributed by atoms with Crippen molar-refractivity contribution in [3.05, 3.63) is 53.3 Å². The Morgan fingerprint density at radius 2 is 2.03 bits per heavy atom. The lowest BCUT2D eigenvalue weighted by atomic mass is 10.00. The van der Waals surface area contributed by atoms with Gasteiger partial charge in [0.1, 0.15) is 5.60 Å². The van der Waals surface area contributed by atoms with Crippen molar-refractivity contribution in [1.82, 2.24) is 25.3 Å². The van der Waals surface area contributed by atoms with Gasteiger partial charge in [-0.3, -0.25) is 9.58 Å². The Bertz CT molecular complexity index is 827. The SMILES string of the molecule is CCNC(=NCc1cccc(CN2CCOCC2)c1)NCC(C)(O)c1cnn(C)c1. The molecule has 1 aliphatic heterocycles. The number of aromatic nitrogens is 2. The van der Waals surface area contributed by atoms with Gasteiger partial charge in [-0.1, -0.05) is 24.3 Å². The van der Waals surface area contributed by atoms with Crippen LogP contribution in [0.5, 0.6) is 0 Å². The predicted octanol–water partition coefficient (Wildman–Crippen LogP) is 1.22. The summed E-state index contributed by atoms with van der Waals surface area (Å²) in [6, 6.07) is 8.57. The first-order valence-corrected chi connectivity index (χ1v) is 10.6. The van der Waals surface area contributed by atoms with Gasteiger partial charge in [0.05, 0.1) is 32.5 Å². The lowest BCUT2D eigenvalue weighted by Gasteiger charge is -2.26. The molecule has 1 aliphatic rings. The van der Waals surface area contributed by atoms with Crippen molar-refractivity contribution in [3.8, 4) is 0 Å². The average molecular weight is 415 g/mol. The summed E-state index contributed by atoms with van der Waals surface area (Å²) in [5.41, 5.74) is 2.19. The number of benzene rings is 1. The Hall–Kier alpha value is -2.42. The molecule has 0 amide bonds. The summed E-state index contributed by atoms with van der Waals surface area (Å²) >= 11 is 0. The molecule has 1 fully saturated rings. The highest BCUT2D eigenvalue weighted by Crippen LogP contribution is 2.18. The minimum Gasteiger partial charge on any atom is -0.383 e. The zero-order valence-corrected chi connectivity index (χ0v) is 18.3. The maximum Gasteiger partial charge on any atom is 0.191 e. The highest BCUT2D eigenvalue weighted by molar-refractivity contribution is 5.79. The summed E-state index contributed by atoms with van der Waals surface area (Å²) in [6.45, 7) is 9.97. The van der Waals surface area contributed by atoms with Crippen molar-refractivity contribution >= 4 is 5.96 Å². The van der Waals surface area contributed by atoms with Crippen LogP contribution in [-0.2, 0) is 30.5 Å². The number of hydrogen-bond acceptors (Lipinski definition) is 5. The molecule has 1 aromatic heterocycles. The van der Waals surface area contributed by atoms with Crippen LogP contribution in [0, 0.1) is 0 Å². The van der Waals surface area contributed by atoms with Gasteiger partial charge in [0.15, 0.2) is 5.96 Å². The first kappa shape index (κ1) is 22.3. The quantitative estimate of drug-likeness (QED) is 0.445. The summed E-state index contributed by atoms with van der Waals surface area (Å²) in [5.74, 6) is 0.681. The van der Waals surface area contributed by atoms with Crippen molar-refractivity contribution in [2.75, 3.05) is 39.4 Å². The van der Waals surface area contributed by atoms with E-state index in [9.17, 15) is 5.11 Å². The van der Waals surface area contributed by atoms with Crippen LogP contribution in [0.25, 0.3) is 0 Å². The standard InChI is InChI=1S/C22H34N6O2/c1-4-23-21(25-17-22(2,29)20-14-26-27(3)16-20)24-13-18-6-5-7-19(12-18)15-28-8-10-30-11-9-28/h5-7,12,14,16,29H,4,8-11,13,15,17H2,1-3H3,(H2,23,24,25). The summed E-state index contributed by atoms with van der Waals surface area (Å²) < 4.78 is 7.12. The zero-order valence-electron chi connectivity index (χ0n) is 18.3. The molecule has 0 spiro atoms. The van der Waals surface area contributed by atoms with Crippen LogP contribution < -0.4 is 10.6 Å². The molecule has 0 radical (unpaired) electrons. The van der Waals surface area contributed by atoms with Crippen LogP contribution in [0.3, 0.4) is 0 Å². The summed E-state index contributed by atoms with van der Waals surface area (Å²) in [5, 5.41) is 21.4. The van der Waals surface area contributed by atoms with Crippen LogP contribution in [0.2, 0.25) is 0 Å². The molecule has 0 bridgehead atoms. The van der Waals surface area contributed by atoms with E-state index in [1.807, 2.05) is 20.2 Å². The van der Waals surface area contributed by atoms with Gasteiger partial charge < -0.3 is 20.5 Å². The second-order valence-corrected chi connectivity index (χ2v) is 7.93. The third kappa shape index (κ3) is 6.55. The topological polar surface area (TPSA) is 86.9 Å². The molecule has 30 heavy (non-hydrogen) atoms. The molecule has 0 saturated carbocycles. The molecular weight excluding hydrogens is 380 g/mol. The fourth-order valence-electron chi connectivity index (χ4n) is 3.41. The van der Waals surface area contributed by atoms with E-state index < -0.39 is 5.60 Å². The molecule has 8 heteroatoms. The Morgan fingerprint density at radius 1 is 1.27 bits per heavy atom. The molecule has 3 N–H and O–H groups in total. The third-order valence-corrected chi connectivity index (χ3v) is 5.19. The van der Waals surface area contributed by atoms with E-state index in [2.05, 4.69) is 44.9 Å². The number of guanidine groups is 1. The number of nitrogens with one attached hydrogen (secondary N) is 2. The molecule has 2 heterocycles. The molecule has 1 saturated heterocycles. The van der Waals surface area contributed by atoms with Crippen molar-refractivity contribution in [2.24, 2.45) is 12.0 Å². The van der Waals surface area contributed by atoms with Gasteiger partial charge in [-0.05, 0) is 25.0 Å². The number of rotatable bonds is 8. The first-order valence-electron chi connectivity index (χ1n) is 10.6. The highest BCUT2D eigenvalue weighted by Gasteiger charge is 2.25. The number of aliphatic imine (C=N–C) groups is 1. The van der Waals surface area contributed by atoms with E-state index >= 15 is 0 Å². The Morgan fingerprint density at radius 3 is 2.73 bits per heavy atom. The van der Waals surface area contributed by atoms with E-state index in [0.717, 1.165) is 50.5 Å². The second-order valence-electron chi connectivity index (χ2n) is 7.93. The van der Waals surface area contributed by atoms with Gasteiger partial charge in [0, 0.05) is 45.0 Å². The molecule has 3 rings (SSSR count). The van der Waals surface area contributed by atoms with Gasteiger partial charge in [0.2, 0.25) is 0 Å². The molecule has 1 atom stereocenters. The zero-order chi connectivity index (χ0) is 21.4. The van der Waals surface area contributed by atoms with E-state index in [4.69, 9.17) is 9.73 Å². The number of ether oxygens (including phenoxy) is 1. The molecule has 1 unspecified atom stereocenters. The fourth-order valence-corrected chi connectivity index (χ4v) is 3.41. The molecular formula is C22H34N6O2. The average Bonchev–Trinajstić information content (AvgIpc) is 3.18. The minimum atomic E-state index is -1.04. The fraction of sp³-hybridized carbons (Fsp3) is 0.545. The van der Waals surface area contributed by atoms with Crippen LogP contribution in [-0.4, -0.2) is 65.1 Å². The van der Waals surface area contributed by atoms with E-state index in [-0.39, 0.29) is 0 Å². The predicted molar refractivity (Wildman–Crippen MR) is 118 cm³/mol. The smallest absolute Gasteiger partial charge is 0.191 e. The molecule has 8 nitrogen and oxygen atoms in total. The number of aryl methyl sites for hydroxylation is 1. The van der Waals surface area contributed by atoms with Crippen molar-refractivity contribution < 1.29 is 9.84 Å². The Labute approximate surface area is 178 Å². The van der Waals surface area contributed by atoms with E-state index in [1.165, 1.54) is 5.56 Å². The minimum absolute atomic E-state index is 0.335. The lowest BCUT2D eigenvalue weighted by Crippen LogP contribution is -2.44. The second kappa shape index (κ2) is 10.6. The molecule has 1 aromatic carbocycles. The van der Waals surface area contributed by atoms with Crippen LogP contribution in [0.15, 0.2) is 41.7 Å². The number of aliphatic hydroxyl groups is 1. The van der Waals surface area contributed by atoms with Crippen LogP contribution in [0.1, 0.15) is 30.5 Å². The van der Waals surface area contributed by atoms with Gasteiger partial charge in [-0.2, -0.15) is 5.10 Å². The maximum absolute atomic E-state index is 10.8. The number of nitrogens with zero attached hydrogens (tertiary/aromatic N) is 4. The lowest BCUT2D eigenvalue weighted by molar-refractivity contribution is 0.0342. The van der Waals surface area contributed by atoms with E-state index in [0.29, 0.717) is 19.0 Å². The summed E-state index contributed by atoms with van der Waals surface area (Å²) in [7, 11) is 1.84. The Kier molecular flexibility index (Phi) is 7.84. The van der Waals surface area contributed by atoms with Gasteiger partial charge in [-0.25, -0.2) is 4.99 Å².